The standard InChI is InChI=1S/C12H9BrFNOS/c1-6(16)12-15-11(7(2)17-12)9-5-8(13)3-4-10(9)14/h3-5H,1-2H3. The highest BCUT2D eigenvalue weighted by Gasteiger charge is 2.15. The van der Waals surface area contributed by atoms with Crippen molar-refractivity contribution in [3.8, 4) is 11.3 Å². The van der Waals surface area contributed by atoms with E-state index in [2.05, 4.69) is 20.9 Å². The maximum absolute atomic E-state index is 13.7. The van der Waals surface area contributed by atoms with Crippen LogP contribution in [-0.2, 0) is 0 Å². The van der Waals surface area contributed by atoms with Gasteiger partial charge in [-0.05, 0) is 25.1 Å². The molecule has 0 N–H and O–H groups in total. The zero-order valence-electron chi connectivity index (χ0n) is 9.25. The van der Waals surface area contributed by atoms with Crippen LogP contribution in [0.1, 0.15) is 21.6 Å². The molecule has 0 atom stereocenters. The van der Waals surface area contributed by atoms with E-state index >= 15 is 0 Å². The molecular formula is C12H9BrFNOS. The van der Waals surface area contributed by atoms with Crippen molar-refractivity contribution in [1.82, 2.24) is 4.98 Å². The fourth-order valence-corrected chi connectivity index (χ4v) is 2.66. The minimum absolute atomic E-state index is 0.0974. The summed E-state index contributed by atoms with van der Waals surface area (Å²) in [6.45, 7) is 3.29. The van der Waals surface area contributed by atoms with Crippen molar-refractivity contribution in [3.05, 3.63) is 38.4 Å². The Morgan fingerprint density at radius 3 is 2.76 bits per heavy atom. The average Bonchev–Trinajstić information content (AvgIpc) is 2.64. The van der Waals surface area contributed by atoms with Crippen LogP contribution in [0, 0.1) is 12.7 Å². The van der Waals surface area contributed by atoms with Gasteiger partial charge in [-0.1, -0.05) is 15.9 Å². The van der Waals surface area contributed by atoms with E-state index in [0.717, 1.165) is 9.35 Å². The van der Waals surface area contributed by atoms with Crippen LogP contribution in [0.2, 0.25) is 0 Å². The molecule has 1 aromatic heterocycles. The highest BCUT2D eigenvalue weighted by Crippen LogP contribution is 2.31. The van der Waals surface area contributed by atoms with Gasteiger partial charge in [-0.3, -0.25) is 4.79 Å². The molecule has 17 heavy (non-hydrogen) atoms. The zero-order valence-corrected chi connectivity index (χ0v) is 11.7. The van der Waals surface area contributed by atoms with Gasteiger partial charge in [0.25, 0.3) is 0 Å². The third-order valence-electron chi connectivity index (χ3n) is 2.28. The quantitative estimate of drug-likeness (QED) is 0.777. The van der Waals surface area contributed by atoms with Crippen molar-refractivity contribution >= 4 is 33.0 Å². The minimum atomic E-state index is -0.336. The Balaban J connectivity index is 2.60. The Bertz CT molecular complexity index is 594. The van der Waals surface area contributed by atoms with Crippen molar-refractivity contribution in [2.75, 3.05) is 0 Å². The van der Waals surface area contributed by atoms with Crippen LogP contribution >= 0.6 is 27.3 Å². The van der Waals surface area contributed by atoms with Crippen LogP contribution in [0.15, 0.2) is 22.7 Å². The highest BCUT2D eigenvalue weighted by atomic mass is 79.9. The lowest BCUT2D eigenvalue weighted by molar-refractivity contribution is 0.101. The number of rotatable bonds is 2. The van der Waals surface area contributed by atoms with Crippen molar-refractivity contribution in [1.29, 1.82) is 0 Å². The molecule has 0 aliphatic heterocycles. The summed E-state index contributed by atoms with van der Waals surface area (Å²) < 4.78 is 14.5. The topological polar surface area (TPSA) is 30.0 Å². The lowest BCUT2D eigenvalue weighted by Crippen LogP contribution is -1.91. The molecule has 2 aromatic rings. The molecule has 0 unspecified atom stereocenters. The number of aryl methyl sites for hydroxylation is 1. The van der Waals surface area contributed by atoms with E-state index in [1.807, 2.05) is 6.92 Å². The van der Waals surface area contributed by atoms with Crippen LogP contribution in [0.3, 0.4) is 0 Å². The first-order chi connectivity index (χ1) is 7.99. The van der Waals surface area contributed by atoms with Gasteiger partial charge in [-0.15, -0.1) is 11.3 Å². The van der Waals surface area contributed by atoms with Crippen molar-refractivity contribution < 1.29 is 9.18 Å². The van der Waals surface area contributed by atoms with Crippen LogP contribution in [0.5, 0.6) is 0 Å². The molecule has 0 saturated heterocycles. The fraction of sp³-hybridized carbons (Fsp3) is 0.167. The number of aromatic nitrogens is 1. The third kappa shape index (κ3) is 2.45. The fourth-order valence-electron chi connectivity index (χ4n) is 1.48. The average molecular weight is 314 g/mol. The van der Waals surface area contributed by atoms with Gasteiger partial charge in [0, 0.05) is 21.8 Å². The number of halogens is 2. The second-order valence-corrected chi connectivity index (χ2v) is 5.72. The van der Waals surface area contributed by atoms with Gasteiger partial charge in [0.2, 0.25) is 0 Å². The number of hydrogen-bond acceptors (Lipinski definition) is 3. The molecule has 2 rings (SSSR count). The molecule has 0 saturated carbocycles. The molecule has 0 radical (unpaired) electrons. The van der Waals surface area contributed by atoms with E-state index < -0.39 is 0 Å². The Labute approximate surface area is 111 Å². The van der Waals surface area contributed by atoms with E-state index in [1.54, 1.807) is 12.1 Å². The monoisotopic (exact) mass is 313 g/mol. The van der Waals surface area contributed by atoms with Crippen LogP contribution < -0.4 is 0 Å². The van der Waals surface area contributed by atoms with Gasteiger partial charge < -0.3 is 0 Å². The van der Waals surface area contributed by atoms with Crippen LogP contribution in [0.4, 0.5) is 4.39 Å². The SMILES string of the molecule is CC(=O)c1nc(-c2cc(Br)ccc2F)c(C)s1. The van der Waals surface area contributed by atoms with Gasteiger partial charge in [0.1, 0.15) is 5.82 Å². The summed E-state index contributed by atoms with van der Waals surface area (Å²) in [7, 11) is 0. The maximum Gasteiger partial charge on any atom is 0.188 e. The largest absolute Gasteiger partial charge is 0.292 e. The first-order valence-corrected chi connectivity index (χ1v) is 6.54. The van der Waals surface area contributed by atoms with Gasteiger partial charge in [-0.2, -0.15) is 0 Å². The Hall–Kier alpha value is -1.07. The number of hydrogen-bond donors (Lipinski definition) is 0. The van der Waals surface area contributed by atoms with E-state index in [-0.39, 0.29) is 11.6 Å². The summed E-state index contributed by atoms with van der Waals surface area (Å²) in [5.74, 6) is -0.434. The molecule has 88 valence electrons. The smallest absolute Gasteiger partial charge is 0.188 e. The molecular weight excluding hydrogens is 305 g/mol. The molecule has 0 bridgehead atoms. The first-order valence-electron chi connectivity index (χ1n) is 4.93. The number of benzene rings is 1. The van der Waals surface area contributed by atoms with E-state index in [1.165, 1.54) is 24.3 Å². The molecule has 5 heteroatoms. The molecule has 1 aromatic carbocycles. The zero-order chi connectivity index (χ0) is 12.6. The molecule has 0 amide bonds. The van der Waals surface area contributed by atoms with Crippen LogP contribution in [0.25, 0.3) is 11.3 Å². The lowest BCUT2D eigenvalue weighted by Gasteiger charge is -2.01. The Kier molecular flexibility index (Phi) is 3.40. The van der Waals surface area contributed by atoms with E-state index in [4.69, 9.17) is 0 Å². The maximum atomic E-state index is 13.7. The molecule has 0 aliphatic carbocycles. The van der Waals surface area contributed by atoms with Crippen molar-refractivity contribution in [3.63, 3.8) is 0 Å². The number of nitrogens with zero attached hydrogens (tertiary/aromatic N) is 1. The molecule has 0 fully saturated rings. The highest BCUT2D eigenvalue weighted by molar-refractivity contribution is 9.10. The summed E-state index contributed by atoms with van der Waals surface area (Å²) in [6, 6.07) is 4.68. The summed E-state index contributed by atoms with van der Waals surface area (Å²) in [4.78, 5) is 16.3. The van der Waals surface area contributed by atoms with E-state index in [9.17, 15) is 9.18 Å². The van der Waals surface area contributed by atoms with Gasteiger partial charge >= 0.3 is 0 Å². The number of carbonyl (C=O) groups excluding carboxylic acids is 1. The second-order valence-electron chi connectivity index (χ2n) is 3.60. The molecule has 2 nitrogen and oxygen atoms in total. The number of thiazole rings is 1. The van der Waals surface area contributed by atoms with Gasteiger partial charge in [-0.25, -0.2) is 9.37 Å². The molecule has 1 heterocycles. The summed E-state index contributed by atoms with van der Waals surface area (Å²) in [5, 5.41) is 0.414. The lowest BCUT2D eigenvalue weighted by atomic mass is 10.1. The molecule has 0 aliphatic rings. The predicted octanol–water partition coefficient (Wildman–Crippen LogP) is 4.22. The predicted molar refractivity (Wildman–Crippen MR) is 69.9 cm³/mol. The summed E-state index contributed by atoms with van der Waals surface area (Å²) in [5.41, 5.74) is 0.958. The summed E-state index contributed by atoms with van der Waals surface area (Å²) in [6.07, 6.45) is 0. The number of ketones is 1. The summed E-state index contributed by atoms with van der Waals surface area (Å²) >= 11 is 4.59. The number of Topliss-reactive ketones (excluding diaryl/α,β-unsaturated/α-hetero) is 1. The first kappa shape index (κ1) is 12.4. The van der Waals surface area contributed by atoms with Gasteiger partial charge in [0.15, 0.2) is 10.8 Å². The van der Waals surface area contributed by atoms with Gasteiger partial charge in [0.05, 0.1) is 5.69 Å². The van der Waals surface area contributed by atoms with E-state index in [0.29, 0.717) is 16.3 Å². The Morgan fingerprint density at radius 1 is 1.47 bits per heavy atom. The van der Waals surface area contributed by atoms with Crippen molar-refractivity contribution in [2.24, 2.45) is 0 Å². The van der Waals surface area contributed by atoms with Crippen molar-refractivity contribution in [2.45, 2.75) is 13.8 Å². The number of carbonyl (C=O) groups is 1. The van der Waals surface area contributed by atoms with Crippen LogP contribution in [-0.4, -0.2) is 10.8 Å². The minimum Gasteiger partial charge on any atom is -0.292 e. The molecule has 0 spiro atoms. The second kappa shape index (κ2) is 4.66. The normalized spacial score (nSPS) is 10.6. The third-order valence-corrected chi connectivity index (χ3v) is 3.85. The Morgan fingerprint density at radius 2 is 2.18 bits per heavy atom.